The minimum Gasteiger partial charge on any atom is -0.503 e. The average molecular weight is 208 g/mol. The summed E-state index contributed by atoms with van der Waals surface area (Å²) in [5.41, 5.74) is 2.02. The smallest absolute Gasteiger partial charge is 0.178 e. The minimum absolute atomic E-state index is 0.367. The number of phenolic OH excluding ortho intramolecular Hbond substituents is 1. The van der Waals surface area contributed by atoms with Crippen molar-refractivity contribution in [3.63, 3.8) is 0 Å². The molecule has 0 saturated heterocycles. The molecule has 1 aliphatic heterocycles. The fourth-order valence-corrected chi connectivity index (χ4v) is 1.91. The van der Waals surface area contributed by atoms with Crippen molar-refractivity contribution < 1.29 is 9.84 Å². The SMILES string of the molecule is C[N+](C)(C)c1cc2c(cc1O)CCCO2. The summed E-state index contributed by atoms with van der Waals surface area (Å²) in [5, 5.41) is 9.93. The van der Waals surface area contributed by atoms with Crippen LogP contribution >= 0.6 is 0 Å². The Morgan fingerprint density at radius 3 is 2.67 bits per heavy atom. The second kappa shape index (κ2) is 3.42. The highest BCUT2D eigenvalue weighted by molar-refractivity contribution is 5.60. The van der Waals surface area contributed by atoms with Crippen molar-refractivity contribution in [2.24, 2.45) is 0 Å². The molecule has 2 rings (SSSR count). The van der Waals surface area contributed by atoms with Gasteiger partial charge in [0.2, 0.25) is 0 Å². The third kappa shape index (κ3) is 1.92. The largest absolute Gasteiger partial charge is 0.503 e. The van der Waals surface area contributed by atoms with Crippen LogP contribution in [0.5, 0.6) is 11.5 Å². The highest BCUT2D eigenvalue weighted by Crippen LogP contribution is 2.37. The second-order valence-corrected chi connectivity index (χ2v) is 4.91. The summed E-state index contributed by atoms with van der Waals surface area (Å²) in [6, 6.07) is 3.80. The standard InChI is InChI=1S/C12H17NO2/c1-13(2,3)10-8-12-9(7-11(10)14)5-4-6-15-12/h7-8H,4-6H2,1-3H3/p+1. The molecular formula is C12H18NO2+. The van der Waals surface area contributed by atoms with Crippen molar-refractivity contribution in [3.8, 4) is 11.5 Å². The van der Waals surface area contributed by atoms with E-state index in [9.17, 15) is 5.11 Å². The Hall–Kier alpha value is -1.22. The molecule has 0 spiro atoms. The Morgan fingerprint density at radius 2 is 2.00 bits per heavy atom. The number of benzene rings is 1. The topological polar surface area (TPSA) is 29.5 Å². The van der Waals surface area contributed by atoms with Crippen LogP contribution in [0.4, 0.5) is 5.69 Å². The predicted octanol–water partition coefficient (Wildman–Crippen LogP) is 1.91. The maximum Gasteiger partial charge on any atom is 0.178 e. The minimum atomic E-state index is 0.367. The Kier molecular flexibility index (Phi) is 2.35. The summed E-state index contributed by atoms with van der Waals surface area (Å²) in [4.78, 5) is 0. The number of aryl methyl sites for hydroxylation is 1. The van der Waals surface area contributed by atoms with Crippen molar-refractivity contribution in [3.05, 3.63) is 17.7 Å². The molecule has 0 atom stereocenters. The highest BCUT2D eigenvalue weighted by Gasteiger charge is 2.22. The zero-order valence-electron chi connectivity index (χ0n) is 9.58. The van der Waals surface area contributed by atoms with Crippen LogP contribution in [0, 0.1) is 0 Å². The molecule has 0 bridgehead atoms. The molecule has 0 unspecified atom stereocenters. The lowest BCUT2D eigenvalue weighted by atomic mass is 10.0. The number of nitrogens with zero attached hydrogens (tertiary/aromatic N) is 1. The van der Waals surface area contributed by atoms with Gasteiger partial charge in [-0.15, -0.1) is 0 Å². The molecule has 1 aliphatic rings. The molecule has 0 aromatic heterocycles. The van der Waals surface area contributed by atoms with E-state index in [-0.39, 0.29) is 0 Å². The van der Waals surface area contributed by atoms with Gasteiger partial charge in [0, 0.05) is 6.07 Å². The zero-order valence-corrected chi connectivity index (χ0v) is 9.58. The van der Waals surface area contributed by atoms with Crippen LogP contribution in [-0.2, 0) is 6.42 Å². The van der Waals surface area contributed by atoms with Crippen LogP contribution in [0.3, 0.4) is 0 Å². The molecule has 0 fully saturated rings. The number of quaternary nitrogens is 1. The predicted molar refractivity (Wildman–Crippen MR) is 61.5 cm³/mol. The van der Waals surface area contributed by atoms with Gasteiger partial charge in [-0.2, -0.15) is 0 Å². The first-order valence-corrected chi connectivity index (χ1v) is 5.29. The average Bonchev–Trinajstić information content (AvgIpc) is 2.15. The Labute approximate surface area is 90.5 Å². The summed E-state index contributed by atoms with van der Waals surface area (Å²) in [6.45, 7) is 0.786. The van der Waals surface area contributed by atoms with E-state index >= 15 is 0 Å². The summed E-state index contributed by atoms with van der Waals surface area (Å²) in [5.74, 6) is 1.30. The highest BCUT2D eigenvalue weighted by atomic mass is 16.5. The molecular weight excluding hydrogens is 190 g/mol. The summed E-state index contributed by atoms with van der Waals surface area (Å²) in [7, 11) is 6.10. The van der Waals surface area contributed by atoms with Gasteiger partial charge in [-0.1, -0.05) is 0 Å². The first-order valence-electron chi connectivity index (χ1n) is 5.29. The maximum absolute atomic E-state index is 9.93. The lowest BCUT2D eigenvalue weighted by Gasteiger charge is -2.26. The van der Waals surface area contributed by atoms with Gasteiger partial charge in [-0.3, -0.25) is 4.48 Å². The fourth-order valence-electron chi connectivity index (χ4n) is 1.91. The van der Waals surface area contributed by atoms with Crippen LogP contribution in [0.15, 0.2) is 12.1 Å². The molecule has 1 heterocycles. The normalized spacial score (nSPS) is 15.7. The van der Waals surface area contributed by atoms with Crippen LogP contribution in [0.25, 0.3) is 0 Å². The summed E-state index contributed by atoms with van der Waals surface area (Å²) in [6.07, 6.45) is 2.04. The number of ether oxygens (including phenoxy) is 1. The Bertz CT molecular complexity index is 380. The molecule has 3 heteroatoms. The lowest BCUT2D eigenvalue weighted by Crippen LogP contribution is -2.35. The molecule has 82 valence electrons. The van der Waals surface area contributed by atoms with Crippen LogP contribution in [-0.4, -0.2) is 32.9 Å². The van der Waals surface area contributed by atoms with Crippen molar-refractivity contribution in [1.82, 2.24) is 4.48 Å². The molecule has 1 aromatic rings. The van der Waals surface area contributed by atoms with E-state index < -0.39 is 0 Å². The molecule has 3 nitrogen and oxygen atoms in total. The van der Waals surface area contributed by atoms with E-state index in [1.165, 1.54) is 0 Å². The van der Waals surface area contributed by atoms with Gasteiger partial charge in [0.25, 0.3) is 0 Å². The van der Waals surface area contributed by atoms with Gasteiger partial charge in [-0.05, 0) is 24.5 Å². The number of hydrogen-bond acceptors (Lipinski definition) is 2. The van der Waals surface area contributed by atoms with Crippen molar-refractivity contribution in [1.29, 1.82) is 0 Å². The van der Waals surface area contributed by atoms with Crippen molar-refractivity contribution >= 4 is 5.69 Å². The summed E-state index contributed by atoms with van der Waals surface area (Å²) >= 11 is 0. The van der Waals surface area contributed by atoms with Gasteiger partial charge >= 0.3 is 0 Å². The molecule has 1 aromatic carbocycles. The van der Waals surface area contributed by atoms with Crippen molar-refractivity contribution in [2.75, 3.05) is 27.7 Å². The monoisotopic (exact) mass is 208 g/mol. The first-order chi connectivity index (χ1) is 6.98. The van der Waals surface area contributed by atoms with E-state index in [4.69, 9.17) is 4.74 Å². The number of fused-ring (bicyclic) bond motifs is 1. The molecule has 0 aliphatic carbocycles. The Morgan fingerprint density at radius 1 is 1.27 bits per heavy atom. The van der Waals surface area contributed by atoms with Gasteiger partial charge in [0.05, 0.1) is 27.7 Å². The van der Waals surface area contributed by atoms with E-state index in [0.29, 0.717) is 10.2 Å². The number of hydrogen-bond donors (Lipinski definition) is 1. The molecule has 0 saturated carbocycles. The zero-order chi connectivity index (χ0) is 11.1. The third-order valence-corrected chi connectivity index (χ3v) is 2.73. The quantitative estimate of drug-likeness (QED) is 0.714. The van der Waals surface area contributed by atoms with E-state index in [2.05, 4.69) is 0 Å². The lowest BCUT2D eigenvalue weighted by molar-refractivity contribution is 0.286. The molecule has 15 heavy (non-hydrogen) atoms. The first kappa shape index (κ1) is 10.3. The molecule has 1 N–H and O–H groups in total. The number of phenols is 1. The van der Waals surface area contributed by atoms with E-state index in [1.54, 1.807) is 0 Å². The van der Waals surface area contributed by atoms with Crippen LogP contribution in [0.1, 0.15) is 12.0 Å². The third-order valence-electron chi connectivity index (χ3n) is 2.73. The number of rotatable bonds is 1. The van der Waals surface area contributed by atoms with Gasteiger partial charge in [0.1, 0.15) is 5.75 Å². The van der Waals surface area contributed by atoms with Gasteiger partial charge in [0.15, 0.2) is 11.4 Å². The van der Waals surface area contributed by atoms with Crippen LogP contribution < -0.4 is 9.22 Å². The van der Waals surface area contributed by atoms with Gasteiger partial charge in [-0.25, -0.2) is 0 Å². The molecule has 0 radical (unpaired) electrons. The molecule has 0 amide bonds. The Balaban J connectivity index is 2.50. The van der Waals surface area contributed by atoms with Crippen LogP contribution in [0.2, 0.25) is 0 Å². The summed E-state index contributed by atoms with van der Waals surface area (Å²) < 4.78 is 6.19. The van der Waals surface area contributed by atoms with E-state index in [1.807, 2.05) is 33.3 Å². The fraction of sp³-hybridized carbons (Fsp3) is 0.500. The number of aromatic hydroxyl groups is 1. The van der Waals surface area contributed by atoms with Crippen molar-refractivity contribution in [2.45, 2.75) is 12.8 Å². The second-order valence-electron chi connectivity index (χ2n) is 4.91. The van der Waals surface area contributed by atoms with Gasteiger partial charge < -0.3 is 9.84 Å². The van der Waals surface area contributed by atoms with E-state index in [0.717, 1.165) is 36.4 Å². The maximum atomic E-state index is 9.93.